The van der Waals surface area contributed by atoms with Gasteiger partial charge in [0.1, 0.15) is 11.6 Å². The van der Waals surface area contributed by atoms with Gasteiger partial charge in [0, 0.05) is 23.4 Å². The van der Waals surface area contributed by atoms with Crippen LogP contribution in [0.3, 0.4) is 0 Å². The van der Waals surface area contributed by atoms with E-state index in [-0.39, 0.29) is 5.75 Å². The third kappa shape index (κ3) is 2.99. The fourth-order valence-electron chi connectivity index (χ4n) is 2.76. The minimum absolute atomic E-state index is 0.247. The molecule has 0 atom stereocenters. The maximum Gasteiger partial charge on any atom is 0.161 e. The average Bonchev–Trinajstić information content (AvgIpc) is 2.52. The van der Waals surface area contributed by atoms with Gasteiger partial charge in [-0.1, -0.05) is 19.1 Å². The second kappa shape index (κ2) is 6.12. The third-order valence-electron chi connectivity index (χ3n) is 3.83. The zero-order chi connectivity index (χ0) is 14.7. The van der Waals surface area contributed by atoms with E-state index in [1.165, 1.54) is 18.4 Å². The van der Waals surface area contributed by atoms with Gasteiger partial charge >= 0.3 is 0 Å². The summed E-state index contributed by atoms with van der Waals surface area (Å²) < 4.78 is 0. The molecule has 1 heterocycles. The summed E-state index contributed by atoms with van der Waals surface area (Å²) in [7, 11) is 0. The fraction of sp³-hybridized carbons (Fsp3) is 0.412. The fourth-order valence-corrected chi connectivity index (χ4v) is 2.76. The van der Waals surface area contributed by atoms with Crippen LogP contribution < -0.4 is 5.32 Å². The highest BCUT2D eigenvalue weighted by Gasteiger charge is 2.18. The number of anilines is 1. The first-order chi connectivity index (χ1) is 10.3. The van der Waals surface area contributed by atoms with Gasteiger partial charge in [0.05, 0.1) is 0 Å². The number of nitrogens with zero attached hydrogens (tertiary/aromatic N) is 2. The highest BCUT2D eigenvalue weighted by atomic mass is 16.3. The maximum atomic E-state index is 9.65. The monoisotopic (exact) mass is 283 g/mol. The number of phenols is 1. The summed E-state index contributed by atoms with van der Waals surface area (Å²) in [6.07, 6.45) is 5.55. The third-order valence-corrected chi connectivity index (χ3v) is 3.83. The van der Waals surface area contributed by atoms with Crippen LogP contribution in [0.4, 0.5) is 5.82 Å². The largest absolute Gasteiger partial charge is 0.508 e. The normalized spacial score (nSPS) is 13.8. The standard InChI is InChI=1S/C17H21N3O/c1-2-10-18-17-14-8-3-4-9-15(14)19-16(20-17)12-6-5-7-13(21)11-12/h5-7,11,21H,2-4,8-10H2,1H3,(H,18,19,20). The summed E-state index contributed by atoms with van der Waals surface area (Å²) >= 11 is 0. The molecule has 2 aromatic rings. The van der Waals surface area contributed by atoms with Crippen molar-refractivity contribution in [2.24, 2.45) is 0 Å². The number of rotatable bonds is 4. The van der Waals surface area contributed by atoms with Crippen molar-refractivity contribution in [2.75, 3.05) is 11.9 Å². The molecule has 1 aliphatic carbocycles. The van der Waals surface area contributed by atoms with Crippen LogP contribution >= 0.6 is 0 Å². The Morgan fingerprint density at radius 3 is 2.86 bits per heavy atom. The van der Waals surface area contributed by atoms with E-state index in [1.54, 1.807) is 12.1 Å². The first-order valence-corrected chi connectivity index (χ1v) is 7.71. The van der Waals surface area contributed by atoms with Gasteiger partial charge in [0.15, 0.2) is 5.82 Å². The summed E-state index contributed by atoms with van der Waals surface area (Å²) in [5.41, 5.74) is 3.30. The van der Waals surface area contributed by atoms with Gasteiger partial charge in [-0.25, -0.2) is 9.97 Å². The van der Waals surface area contributed by atoms with Gasteiger partial charge in [-0.3, -0.25) is 0 Å². The Hall–Kier alpha value is -2.10. The Bertz CT molecular complexity index is 640. The summed E-state index contributed by atoms with van der Waals surface area (Å²) in [5.74, 6) is 1.92. The molecule has 1 aromatic carbocycles. The van der Waals surface area contributed by atoms with E-state index in [1.807, 2.05) is 12.1 Å². The van der Waals surface area contributed by atoms with Crippen molar-refractivity contribution in [3.63, 3.8) is 0 Å². The molecule has 2 N–H and O–H groups in total. The number of aromatic nitrogens is 2. The van der Waals surface area contributed by atoms with Gasteiger partial charge in [0.2, 0.25) is 0 Å². The quantitative estimate of drug-likeness (QED) is 0.901. The Morgan fingerprint density at radius 1 is 1.19 bits per heavy atom. The summed E-state index contributed by atoms with van der Waals surface area (Å²) in [5, 5.41) is 13.1. The zero-order valence-corrected chi connectivity index (χ0v) is 12.4. The van der Waals surface area contributed by atoms with Crippen molar-refractivity contribution in [3.05, 3.63) is 35.5 Å². The molecule has 21 heavy (non-hydrogen) atoms. The minimum atomic E-state index is 0.247. The molecule has 3 rings (SSSR count). The topological polar surface area (TPSA) is 58.0 Å². The minimum Gasteiger partial charge on any atom is -0.508 e. The molecule has 0 bridgehead atoms. The van der Waals surface area contributed by atoms with Crippen molar-refractivity contribution in [1.29, 1.82) is 0 Å². The maximum absolute atomic E-state index is 9.65. The SMILES string of the molecule is CCCNc1nc(-c2cccc(O)c2)nc2c1CCCC2. The van der Waals surface area contributed by atoms with Crippen LogP contribution in [0.2, 0.25) is 0 Å². The van der Waals surface area contributed by atoms with E-state index in [0.717, 1.165) is 42.9 Å². The first-order valence-electron chi connectivity index (χ1n) is 7.71. The number of aryl methyl sites for hydroxylation is 1. The van der Waals surface area contributed by atoms with Crippen LogP contribution in [0.25, 0.3) is 11.4 Å². The number of aromatic hydroxyl groups is 1. The van der Waals surface area contributed by atoms with E-state index < -0.39 is 0 Å². The number of nitrogens with one attached hydrogen (secondary N) is 1. The molecule has 0 unspecified atom stereocenters. The van der Waals surface area contributed by atoms with Gasteiger partial charge < -0.3 is 10.4 Å². The number of fused-ring (bicyclic) bond motifs is 1. The lowest BCUT2D eigenvalue weighted by molar-refractivity contribution is 0.475. The molecular formula is C17H21N3O. The van der Waals surface area contributed by atoms with E-state index >= 15 is 0 Å². The molecule has 1 aromatic heterocycles. The molecule has 0 spiro atoms. The van der Waals surface area contributed by atoms with Gasteiger partial charge in [0.25, 0.3) is 0 Å². The van der Waals surface area contributed by atoms with Crippen LogP contribution in [0, 0.1) is 0 Å². The number of benzene rings is 1. The van der Waals surface area contributed by atoms with Crippen molar-refractivity contribution < 1.29 is 5.11 Å². The Labute approximate surface area is 125 Å². The van der Waals surface area contributed by atoms with E-state index in [2.05, 4.69) is 12.2 Å². The number of hydrogen-bond acceptors (Lipinski definition) is 4. The molecule has 0 saturated heterocycles. The second-order valence-corrected chi connectivity index (χ2v) is 5.51. The molecule has 1 aliphatic rings. The molecule has 4 nitrogen and oxygen atoms in total. The lowest BCUT2D eigenvalue weighted by Crippen LogP contribution is -2.14. The highest BCUT2D eigenvalue weighted by molar-refractivity contribution is 5.61. The molecular weight excluding hydrogens is 262 g/mol. The van der Waals surface area contributed by atoms with Gasteiger partial charge in [-0.2, -0.15) is 0 Å². The lowest BCUT2D eigenvalue weighted by Gasteiger charge is -2.19. The molecule has 0 amide bonds. The Balaban J connectivity index is 2.05. The van der Waals surface area contributed by atoms with Crippen molar-refractivity contribution in [3.8, 4) is 17.1 Å². The van der Waals surface area contributed by atoms with Crippen LogP contribution in [0.5, 0.6) is 5.75 Å². The molecule has 0 radical (unpaired) electrons. The smallest absolute Gasteiger partial charge is 0.161 e. The Kier molecular flexibility index (Phi) is 4.04. The molecule has 0 fully saturated rings. The van der Waals surface area contributed by atoms with Crippen LogP contribution in [0.15, 0.2) is 24.3 Å². The molecule has 0 aliphatic heterocycles. The summed E-state index contributed by atoms with van der Waals surface area (Å²) in [6.45, 7) is 3.07. The van der Waals surface area contributed by atoms with Gasteiger partial charge in [-0.05, 0) is 44.2 Å². The Morgan fingerprint density at radius 2 is 2.05 bits per heavy atom. The number of hydrogen-bond donors (Lipinski definition) is 2. The van der Waals surface area contributed by atoms with Gasteiger partial charge in [-0.15, -0.1) is 0 Å². The van der Waals surface area contributed by atoms with Crippen LogP contribution in [-0.4, -0.2) is 21.6 Å². The predicted molar refractivity (Wildman–Crippen MR) is 84.6 cm³/mol. The van der Waals surface area contributed by atoms with Crippen LogP contribution in [0.1, 0.15) is 37.4 Å². The molecule has 4 heteroatoms. The lowest BCUT2D eigenvalue weighted by atomic mass is 9.96. The van der Waals surface area contributed by atoms with Crippen molar-refractivity contribution in [1.82, 2.24) is 9.97 Å². The predicted octanol–water partition coefficient (Wildman–Crippen LogP) is 3.55. The van der Waals surface area contributed by atoms with E-state index in [9.17, 15) is 5.11 Å². The first kappa shape index (κ1) is 13.9. The van der Waals surface area contributed by atoms with E-state index in [0.29, 0.717) is 5.82 Å². The van der Waals surface area contributed by atoms with Crippen LogP contribution in [-0.2, 0) is 12.8 Å². The summed E-state index contributed by atoms with van der Waals surface area (Å²) in [6, 6.07) is 7.15. The van der Waals surface area contributed by atoms with Crippen molar-refractivity contribution >= 4 is 5.82 Å². The van der Waals surface area contributed by atoms with E-state index in [4.69, 9.17) is 9.97 Å². The highest BCUT2D eigenvalue weighted by Crippen LogP contribution is 2.29. The molecule has 110 valence electrons. The second-order valence-electron chi connectivity index (χ2n) is 5.51. The average molecular weight is 283 g/mol. The zero-order valence-electron chi connectivity index (χ0n) is 12.4. The molecule has 0 saturated carbocycles. The van der Waals surface area contributed by atoms with Crippen molar-refractivity contribution in [2.45, 2.75) is 39.0 Å². The number of phenolic OH excluding ortho intramolecular Hbond substituents is 1. The summed E-state index contributed by atoms with van der Waals surface area (Å²) in [4.78, 5) is 9.43.